The zero-order valence-electron chi connectivity index (χ0n) is 25.4. The van der Waals surface area contributed by atoms with E-state index in [2.05, 4.69) is 12.7 Å². The van der Waals surface area contributed by atoms with Crippen molar-refractivity contribution in [1.82, 2.24) is 0 Å². The molecule has 234 valence electrons. The number of halogens is 5. The molecule has 0 unspecified atom stereocenters. The summed E-state index contributed by atoms with van der Waals surface area (Å²) in [7, 11) is 0. The molecule has 0 aliphatic rings. The molecule has 5 aromatic carbocycles. The van der Waals surface area contributed by atoms with Crippen molar-refractivity contribution in [3.63, 3.8) is 0 Å². The van der Waals surface area contributed by atoms with Crippen LogP contribution in [0.3, 0.4) is 0 Å². The zero-order chi connectivity index (χ0) is 32.7. The van der Waals surface area contributed by atoms with Crippen LogP contribution in [0.4, 0.5) is 22.0 Å². The van der Waals surface area contributed by atoms with Gasteiger partial charge in [0.05, 0.1) is 5.56 Å². The molecule has 0 fully saturated rings. The molecule has 0 aromatic heterocycles. The average molecular weight is 625 g/mol. The number of benzene rings is 5. The van der Waals surface area contributed by atoms with Crippen molar-refractivity contribution in [2.45, 2.75) is 38.7 Å². The first-order chi connectivity index (χ1) is 22.2. The van der Waals surface area contributed by atoms with E-state index in [4.69, 9.17) is 4.74 Å². The summed E-state index contributed by atoms with van der Waals surface area (Å²) in [6, 6.07) is 25.8. The van der Waals surface area contributed by atoms with Crippen LogP contribution < -0.4 is 4.74 Å². The fourth-order valence-electron chi connectivity index (χ4n) is 5.24. The Labute approximate surface area is 266 Å². The van der Waals surface area contributed by atoms with Crippen molar-refractivity contribution in [2.75, 3.05) is 0 Å². The molecule has 6 heteroatoms. The highest BCUT2D eigenvalue weighted by molar-refractivity contribution is 5.72. The van der Waals surface area contributed by atoms with Gasteiger partial charge in [-0.3, -0.25) is 0 Å². The Bertz CT molecular complexity index is 1840. The molecule has 46 heavy (non-hydrogen) atoms. The lowest BCUT2D eigenvalue weighted by atomic mass is 9.98. The molecule has 0 aliphatic heterocycles. The van der Waals surface area contributed by atoms with Gasteiger partial charge >= 0.3 is 6.11 Å². The molecule has 0 atom stereocenters. The van der Waals surface area contributed by atoms with Crippen LogP contribution in [-0.4, -0.2) is 0 Å². The second kappa shape index (κ2) is 14.4. The van der Waals surface area contributed by atoms with Crippen LogP contribution in [0.25, 0.3) is 33.4 Å². The Balaban J connectivity index is 1.29. The molecule has 0 bridgehead atoms. The second-order valence-electron chi connectivity index (χ2n) is 11.0. The fourth-order valence-corrected chi connectivity index (χ4v) is 5.24. The van der Waals surface area contributed by atoms with Gasteiger partial charge in [-0.05, 0) is 96.3 Å². The predicted molar refractivity (Wildman–Crippen MR) is 175 cm³/mol. The molecule has 0 amide bonds. The first-order valence-electron chi connectivity index (χ1n) is 15.1. The summed E-state index contributed by atoms with van der Waals surface area (Å²) < 4.78 is 80.2. The molecular weight excluding hydrogens is 591 g/mol. The molecule has 0 saturated carbocycles. The Kier molecular flexibility index (Phi) is 10.2. The summed E-state index contributed by atoms with van der Waals surface area (Å²) >= 11 is 0. The van der Waals surface area contributed by atoms with E-state index in [9.17, 15) is 4.39 Å². The molecule has 1 nitrogen and oxygen atoms in total. The summed E-state index contributed by atoms with van der Waals surface area (Å²) in [6.45, 7) is 5.68. The van der Waals surface area contributed by atoms with Gasteiger partial charge in [-0.15, -0.1) is 6.58 Å². The van der Waals surface area contributed by atoms with Crippen molar-refractivity contribution >= 4 is 0 Å². The Hall–Kier alpha value is -4.97. The number of hydrogen-bond acceptors (Lipinski definition) is 1. The minimum absolute atomic E-state index is 0.00395. The molecule has 0 spiro atoms. The van der Waals surface area contributed by atoms with E-state index in [1.54, 1.807) is 12.1 Å². The molecule has 0 aliphatic carbocycles. The van der Waals surface area contributed by atoms with Crippen molar-refractivity contribution in [2.24, 2.45) is 0 Å². The van der Waals surface area contributed by atoms with Crippen LogP contribution in [0.2, 0.25) is 0 Å². The lowest BCUT2D eigenvalue weighted by molar-refractivity contribution is -0.187. The molecule has 0 heterocycles. The standard InChI is InChI=1S/C40H33F5O/c1-3-5-7-9-28-10-14-29(15-11-28)31-19-23-36(39(43)24-31)40(44,45)46-33-20-22-35(38(42)26-33)32-18-21-34(37(41)25-32)30-16-12-27(13-17-30)8-6-4-2/h3-5,10-26H,2,6-9H2,1H3. The molecular formula is C40H33F5O. The average Bonchev–Trinajstić information content (AvgIpc) is 3.04. The van der Waals surface area contributed by atoms with Crippen molar-refractivity contribution in [3.05, 3.63) is 162 Å². The monoisotopic (exact) mass is 624 g/mol. The number of alkyl halides is 2. The van der Waals surface area contributed by atoms with Crippen LogP contribution in [0, 0.1) is 17.5 Å². The van der Waals surface area contributed by atoms with E-state index in [-0.39, 0.29) is 11.1 Å². The van der Waals surface area contributed by atoms with Crippen LogP contribution in [-0.2, 0) is 19.0 Å². The highest BCUT2D eigenvalue weighted by Gasteiger charge is 2.38. The van der Waals surface area contributed by atoms with Gasteiger partial charge in [-0.1, -0.05) is 85.0 Å². The Morgan fingerprint density at radius 1 is 0.609 bits per heavy atom. The highest BCUT2D eigenvalue weighted by Crippen LogP contribution is 2.37. The maximum atomic E-state index is 15.1. The largest absolute Gasteiger partial charge is 0.429 e. The number of hydrogen-bond donors (Lipinski definition) is 0. The lowest BCUT2D eigenvalue weighted by Crippen LogP contribution is -2.23. The quantitative estimate of drug-likeness (QED) is 0.0991. The van der Waals surface area contributed by atoms with Gasteiger partial charge in [0.2, 0.25) is 0 Å². The van der Waals surface area contributed by atoms with Crippen LogP contribution in [0.1, 0.15) is 36.5 Å². The van der Waals surface area contributed by atoms with Crippen molar-refractivity contribution in [1.29, 1.82) is 0 Å². The SMILES string of the molecule is C=CCCc1ccc(-c2ccc(-c3ccc(OC(F)(F)c4ccc(-c5ccc(CCC=CC)cc5)cc4F)cc3F)cc2F)cc1. The van der Waals surface area contributed by atoms with E-state index in [0.29, 0.717) is 22.3 Å². The topological polar surface area (TPSA) is 9.23 Å². The summed E-state index contributed by atoms with van der Waals surface area (Å²) in [6.07, 6.45) is 5.25. The molecule has 5 rings (SSSR count). The maximum Gasteiger partial charge on any atom is 0.429 e. The normalized spacial score (nSPS) is 11.6. The maximum absolute atomic E-state index is 15.1. The van der Waals surface area contributed by atoms with Gasteiger partial charge < -0.3 is 4.74 Å². The van der Waals surface area contributed by atoms with Gasteiger partial charge in [-0.25, -0.2) is 13.2 Å². The number of allylic oxidation sites excluding steroid dienone is 3. The van der Waals surface area contributed by atoms with Gasteiger partial charge in [0.25, 0.3) is 0 Å². The summed E-state index contributed by atoms with van der Waals surface area (Å²) in [5, 5.41) is 0. The van der Waals surface area contributed by atoms with Crippen molar-refractivity contribution < 1.29 is 26.7 Å². The van der Waals surface area contributed by atoms with E-state index in [1.165, 1.54) is 18.2 Å². The fraction of sp³-hybridized carbons (Fsp3) is 0.150. The first kappa shape index (κ1) is 32.4. The number of ether oxygens (including phenoxy) is 1. The third-order valence-corrected chi connectivity index (χ3v) is 7.77. The van der Waals surface area contributed by atoms with Gasteiger partial charge in [0, 0.05) is 17.2 Å². The molecule has 0 saturated heterocycles. The third kappa shape index (κ3) is 7.63. The summed E-state index contributed by atoms with van der Waals surface area (Å²) in [4.78, 5) is 0. The Morgan fingerprint density at radius 2 is 1.15 bits per heavy atom. The van der Waals surface area contributed by atoms with E-state index in [1.807, 2.05) is 67.6 Å². The van der Waals surface area contributed by atoms with E-state index >= 15 is 17.6 Å². The smallest absolute Gasteiger partial charge is 0.429 e. The molecule has 0 radical (unpaired) electrons. The Morgan fingerprint density at radius 3 is 1.76 bits per heavy atom. The van der Waals surface area contributed by atoms with Crippen LogP contribution >= 0.6 is 0 Å². The summed E-state index contributed by atoms with van der Waals surface area (Å²) in [5.41, 5.74) is 3.62. The van der Waals surface area contributed by atoms with Crippen LogP contribution in [0.15, 0.2) is 128 Å². The minimum Gasteiger partial charge on any atom is -0.429 e. The molecule has 0 N–H and O–H groups in total. The lowest BCUT2D eigenvalue weighted by Gasteiger charge is -2.20. The highest BCUT2D eigenvalue weighted by atomic mass is 19.3. The second-order valence-corrected chi connectivity index (χ2v) is 11.0. The third-order valence-electron chi connectivity index (χ3n) is 7.77. The summed E-state index contributed by atoms with van der Waals surface area (Å²) in [5.74, 6) is -3.10. The van der Waals surface area contributed by atoms with Crippen LogP contribution in [0.5, 0.6) is 5.75 Å². The van der Waals surface area contributed by atoms with E-state index < -0.39 is 34.9 Å². The number of rotatable bonds is 12. The van der Waals surface area contributed by atoms with Gasteiger partial charge in [-0.2, -0.15) is 8.78 Å². The van der Waals surface area contributed by atoms with E-state index in [0.717, 1.165) is 61.1 Å². The first-order valence-corrected chi connectivity index (χ1v) is 15.1. The van der Waals surface area contributed by atoms with Gasteiger partial charge in [0.15, 0.2) is 0 Å². The number of aryl methyl sites for hydroxylation is 2. The minimum atomic E-state index is -4.08. The predicted octanol–water partition coefficient (Wildman–Crippen LogP) is 11.9. The van der Waals surface area contributed by atoms with Gasteiger partial charge in [0.1, 0.15) is 23.2 Å². The molecule has 5 aromatic rings. The zero-order valence-corrected chi connectivity index (χ0v) is 25.4. The van der Waals surface area contributed by atoms with Crippen molar-refractivity contribution in [3.8, 4) is 39.1 Å².